The molecule has 2 aromatic carbocycles. The average Bonchev–Trinajstić information content (AvgIpc) is 2.40. The first-order valence-corrected chi connectivity index (χ1v) is 6.43. The summed E-state index contributed by atoms with van der Waals surface area (Å²) in [6.45, 7) is 0.0953. The van der Waals surface area contributed by atoms with Crippen molar-refractivity contribution in [3.63, 3.8) is 0 Å². The van der Waals surface area contributed by atoms with Crippen LogP contribution in [0, 0.1) is 11.2 Å². The number of amidine groups is 1. The van der Waals surface area contributed by atoms with E-state index in [1.54, 1.807) is 24.3 Å². The number of hydrogen-bond donors (Lipinski definition) is 2. The highest BCUT2D eigenvalue weighted by Gasteiger charge is 2.07. The van der Waals surface area contributed by atoms with E-state index in [9.17, 15) is 4.39 Å². The molecule has 0 radical (unpaired) electrons. The fourth-order valence-corrected chi connectivity index (χ4v) is 1.99. The van der Waals surface area contributed by atoms with Crippen molar-refractivity contribution in [1.29, 1.82) is 5.41 Å². The Labute approximate surface area is 125 Å². The van der Waals surface area contributed by atoms with Gasteiger partial charge in [-0.05, 0) is 35.9 Å². The van der Waals surface area contributed by atoms with E-state index in [4.69, 9.17) is 39.1 Å². The molecule has 20 heavy (non-hydrogen) atoms. The lowest BCUT2D eigenvalue weighted by Crippen LogP contribution is -2.12. The number of ether oxygens (including phenoxy) is 1. The molecule has 0 unspecified atom stereocenters. The Kier molecular flexibility index (Phi) is 4.47. The van der Waals surface area contributed by atoms with Crippen molar-refractivity contribution < 1.29 is 9.13 Å². The lowest BCUT2D eigenvalue weighted by atomic mass is 10.1. The van der Waals surface area contributed by atoms with E-state index in [-0.39, 0.29) is 12.4 Å². The van der Waals surface area contributed by atoms with E-state index < -0.39 is 5.82 Å². The van der Waals surface area contributed by atoms with Gasteiger partial charge >= 0.3 is 0 Å². The second-order valence-corrected chi connectivity index (χ2v) is 4.89. The monoisotopic (exact) mass is 312 g/mol. The van der Waals surface area contributed by atoms with E-state index in [2.05, 4.69) is 0 Å². The molecule has 0 atom stereocenters. The molecule has 0 aromatic heterocycles. The average molecular weight is 313 g/mol. The van der Waals surface area contributed by atoms with Crippen LogP contribution in [-0.2, 0) is 6.61 Å². The van der Waals surface area contributed by atoms with Gasteiger partial charge in [-0.3, -0.25) is 5.41 Å². The van der Waals surface area contributed by atoms with Crippen LogP contribution < -0.4 is 10.5 Å². The summed E-state index contributed by atoms with van der Waals surface area (Å²) in [4.78, 5) is 0. The van der Waals surface area contributed by atoms with Crippen LogP contribution in [0.5, 0.6) is 5.75 Å². The lowest BCUT2D eigenvalue weighted by Gasteiger charge is -2.10. The van der Waals surface area contributed by atoms with Crippen LogP contribution in [0.3, 0.4) is 0 Å². The Morgan fingerprint density at radius 2 is 2.00 bits per heavy atom. The zero-order valence-corrected chi connectivity index (χ0v) is 11.8. The number of benzene rings is 2. The van der Waals surface area contributed by atoms with E-state index >= 15 is 0 Å². The first-order valence-electron chi connectivity index (χ1n) is 5.68. The first-order chi connectivity index (χ1) is 9.47. The highest BCUT2D eigenvalue weighted by molar-refractivity contribution is 6.42. The third-order valence-electron chi connectivity index (χ3n) is 2.58. The number of rotatable bonds is 4. The van der Waals surface area contributed by atoms with Gasteiger partial charge in [0.05, 0.1) is 5.02 Å². The summed E-state index contributed by atoms with van der Waals surface area (Å²) in [6, 6.07) is 9.11. The molecule has 3 N–H and O–H groups in total. The van der Waals surface area contributed by atoms with Gasteiger partial charge in [-0.2, -0.15) is 0 Å². The molecule has 6 heteroatoms. The fraction of sp³-hybridized carbons (Fsp3) is 0.0714. The van der Waals surface area contributed by atoms with Crippen LogP contribution in [0.2, 0.25) is 10.0 Å². The molecule has 0 spiro atoms. The lowest BCUT2D eigenvalue weighted by molar-refractivity contribution is 0.306. The smallest absolute Gasteiger partial charge is 0.139 e. The van der Waals surface area contributed by atoms with Crippen molar-refractivity contribution in [3.8, 4) is 5.75 Å². The molecule has 0 aliphatic carbocycles. The van der Waals surface area contributed by atoms with Gasteiger partial charge in [-0.1, -0.05) is 29.3 Å². The summed E-state index contributed by atoms with van der Waals surface area (Å²) < 4.78 is 18.9. The van der Waals surface area contributed by atoms with Gasteiger partial charge in [0.2, 0.25) is 0 Å². The van der Waals surface area contributed by atoms with Crippen molar-refractivity contribution in [2.75, 3.05) is 0 Å². The normalized spacial score (nSPS) is 10.3. The van der Waals surface area contributed by atoms with E-state index in [0.29, 0.717) is 26.9 Å². The number of hydrogen-bond acceptors (Lipinski definition) is 2. The molecule has 0 saturated carbocycles. The number of nitrogen functional groups attached to an aromatic ring is 1. The third kappa shape index (κ3) is 3.40. The molecule has 0 aliphatic rings. The molecular weight excluding hydrogens is 302 g/mol. The van der Waals surface area contributed by atoms with Crippen LogP contribution in [-0.4, -0.2) is 5.84 Å². The second kappa shape index (κ2) is 6.11. The predicted molar refractivity (Wildman–Crippen MR) is 78.2 cm³/mol. The molecule has 3 nitrogen and oxygen atoms in total. The molecule has 0 amide bonds. The molecule has 2 rings (SSSR count). The Hall–Kier alpha value is -1.78. The number of nitrogens with two attached hydrogens (primary N) is 1. The molecule has 104 valence electrons. The van der Waals surface area contributed by atoms with Crippen LogP contribution >= 0.6 is 23.2 Å². The van der Waals surface area contributed by atoms with Gasteiger partial charge in [-0.15, -0.1) is 0 Å². The standard InChI is InChI=1S/C14H11Cl2FN2O/c15-11-2-1-3-12(13(11)16)20-7-8-4-9(14(18)19)6-10(17)5-8/h1-6H,7H2,(H3,18,19). The van der Waals surface area contributed by atoms with Crippen LogP contribution in [0.15, 0.2) is 36.4 Å². The second-order valence-electron chi connectivity index (χ2n) is 4.10. The zero-order valence-electron chi connectivity index (χ0n) is 10.3. The Morgan fingerprint density at radius 3 is 2.70 bits per heavy atom. The van der Waals surface area contributed by atoms with Gasteiger partial charge in [0.25, 0.3) is 0 Å². The van der Waals surface area contributed by atoms with E-state index in [0.717, 1.165) is 0 Å². The molecule has 0 heterocycles. The van der Waals surface area contributed by atoms with Crippen molar-refractivity contribution in [3.05, 3.63) is 63.4 Å². The topological polar surface area (TPSA) is 59.1 Å². The quantitative estimate of drug-likeness (QED) is 0.662. The Morgan fingerprint density at radius 1 is 1.25 bits per heavy atom. The summed E-state index contributed by atoms with van der Waals surface area (Å²) in [7, 11) is 0. The first kappa shape index (κ1) is 14.6. The summed E-state index contributed by atoms with van der Waals surface area (Å²) in [5.74, 6) is -0.271. The molecule has 0 fully saturated rings. The maximum Gasteiger partial charge on any atom is 0.139 e. The molecule has 0 aliphatic heterocycles. The highest BCUT2D eigenvalue weighted by atomic mass is 35.5. The SMILES string of the molecule is N=C(N)c1cc(F)cc(COc2cccc(Cl)c2Cl)c1. The van der Waals surface area contributed by atoms with Gasteiger partial charge in [0, 0.05) is 5.56 Å². The molecule has 0 saturated heterocycles. The van der Waals surface area contributed by atoms with Gasteiger partial charge in [0.1, 0.15) is 29.0 Å². The Balaban J connectivity index is 2.19. The third-order valence-corrected chi connectivity index (χ3v) is 3.38. The van der Waals surface area contributed by atoms with Crippen molar-refractivity contribution in [1.82, 2.24) is 0 Å². The number of nitrogens with one attached hydrogen (secondary N) is 1. The van der Waals surface area contributed by atoms with Gasteiger partial charge < -0.3 is 10.5 Å². The van der Waals surface area contributed by atoms with Crippen LogP contribution in [0.25, 0.3) is 0 Å². The Bertz CT molecular complexity index is 662. The molecule has 0 bridgehead atoms. The largest absolute Gasteiger partial charge is 0.487 e. The summed E-state index contributed by atoms with van der Waals surface area (Å²) in [5, 5.41) is 8.00. The number of halogens is 3. The summed E-state index contributed by atoms with van der Waals surface area (Å²) in [6.07, 6.45) is 0. The molecular formula is C14H11Cl2FN2O. The van der Waals surface area contributed by atoms with Crippen LogP contribution in [0.1, 0.15) is 11.1 Å². The minimum Gasteiger partial charge on any atom is -0.487 e. The van der Waals surface area contributed by atoms with E-state index in [1.807, 2.05) is 0 Å². The zero-order chi connectivity index (χ0) is 14.7. The maximum atomic E-state index is 13.4. The summed E-state index contributed by atoms with van der Waals surface area (Å²) in [5.41, 5.74) is 6.19. The van der Waals surface area contributed by atoms with Crippen molar-refractivity contribution >= 4 is 29.0 Å². The van der Waals surface area contributed by atoms with E-state index in [1.165, 1.54) is 12.1 Å². The predicted octanol–water partition coefficient (Wildman–Crippen LogP) is 4.00. The van der Waals surface area contributed by atoms with Crippen molar-refractivity contribution in [2.24, 2.45) is 5.73 Å². The minimum atomic E-state index is -0.478. The van der Waals surface area contributed by atoms with Gasteiger partial charge in [0.15, 0.2) is 0 Å². The fourth-order valence-electron chi connectivity index (χ4n) is 1.65. The molecule has 2 aromatic rings. The summed E-state index contributed by atoms with van der Waals surface area (Å²) >= 11 is 11.9. The maximum absolute atomic E-state index is 13.4. The highest BCUT2D eigenvalue weighted by Crippen LogP contribution is 2.31. The minimum absolute atomic E-state index is 0.0953. The van der Waals surface area contributed by atoms with Gasteiger partial charge in [-0.25, -0.2) is 4.39 Å². The van der Waals surface area contributed by atoms with Crippen LogP contribution in [0.4, 0.5) is 4.39 Å². The van der Waals surface area contributed by atoms with Crippen molar-refractivity contribution in [2.45, 2.75) is 6.61 Å².